The third kappa shape index (κ3) is 5.49. The van der Waals surface area contributed by atoms with E-state index in [1.54, 1.807) is 56.4 Å². The molecule has 1 heterocycles. The molecule has 0 atom stereocenters. The van der Waals surface area contributed by atoms with E-state index in [1.807, 2.05) is 6.07 Å². The van der Waals surface area contributed by atoms with Crippen LogP contribution in [0.15, 0.2) is 48.7 Å². The van der Waals surface area contributed by atoms with Gasteiger partial charge in [-0.2, -0.15) is 0 Å². The van der Waals surface area contributed by atoms with Crippen LogP contribution in [0.25, 0.3) is 0 Å². The second-order valence-corrected chi connectivity index (χ2v) is 5.69. The van der Waals surface area contributed by atoms with Gasteiger partial charge in [-0.3, -0.25) is 4.79 Å². The number of pyridine rings is 1. The highest BCUT2D eigenvalue weighted by Crippen LogP contribution is 2.22. The summed E-state index contributed by atoms with van der Waals surface area (Å²) in [5.74, 6) is 0.628. The van der Waals surface area contributed by atoms with E-state index >= 15 is 0 Å². The Morgan fingerprint density at radius 1 is 1.08 bits per heavy atom. The fourth-order valence-electron chi connectivity index (χ4n) is 1.97. The molecule has 0 saturated heterocycles. The number of benzene rings is 1. The maximum absolute atomic E-state index is 11.9. The number of amides is 1. The van der Waals surface area contributed by atoms with E-state index in [1.165, 1.54) is 7.11 Å². The van der Waals surface area contributed by atoms with Gasteiger partial charge in [0.25, 0.3) is 5.91 Å². The van der Waals surface area contributed by atoms with Crippen molar-refractivity contribution < 1.29 is 23.8 Å². The molecule has 0 unspecified atom stereocenters. The van der Waals surface area contributed by atoms with Crippen LogP contribution < -0.4 is 14.8 Å². The van der Waals surface area contributed by atoms with Gasteiger partial charge in [0, 0.05) is 12.3 Å². The number of hydrogen-bond donors (Lipinski definition) is 1. The minimum Gasteiger partial charge on any atom is -0.484 e. The molecule has 0 spiro atoms. The number of nitrogens with one attached hydrogen (secondary N) is 1. The number of esters is 1. The fourth-order valence-corrected chi connectivity index (χ4v) is 1.97. The number of carbonyl (C=O) groups excluding carboxylic acids is 2. The van der Waals surface area contributed by atoms with Gasteiger partial charge >= 0.3 is 5.97 Å². The lowest BCUT2D eigenvalue weighted by atomic mass is 10.1. The Kier molecular flexibility index (Phi) is 5.94. The zero-order valence-corrected chi connectivity index (χ0v) is 14.3. The summed E-state index contributed by atoms with van der Waals surface area (Å²) in [7, 11) is 1.27. The molecular weight excluding hydrogens is 324 g/mol. The third-order valence-corrected chi connectivity index (χ3v) is 3.20. The summed E-state index contributed by atoms with van der Waals surface area (Å²) in [6, 6.07) is 12.1. The Morgan fingerprint density at radius 2 is 1.76 bits per heavy atom. The van der Waals surface area contributed by atoms with Crippen LogP contribution in [0.2, 0.25) is 0 Å². The van der Waals surface area contributed by atoms with E-state index in [9.17, 15) is 9.59 Å². The van der Waals surface area contributed by atoms with Crippen LogP contribution in [0.1, 0.15) is 13.8 Å². The normalized spacial score (nSPS) is 10.7. The molecule has 1 amide bonds. The number of rotatable bonds is 7. The molecule has 0 saturated carbocycles. The van der Waals surface area contributed by atoms with Crippen molar-refractivity contribution in [3.63, 3.8) is 0 Å². The molecule has 0 radical (unpaired) electrons. The summed E-state index contributed by atoms with van der Waals surface area (Å²) < 4.78 is 15.6. The molecule has 132 valence electrons. The van der Waals surface area contributed by atoms with Gasteiger partial charge in [-0.05, 0) is 44.2 Å². The fraction of sp³-hybridized carbons (Fsp3) is 0.278. The van der Waals surface area contributed by atoms with Gasteiger partial charge in [-0.1, -0.05) is 6.07 Å². The summed E-state index contributed by atoms with van der Waals surface area (Å²) in [6.07, 6.45) is 1.64. The molecule has 7 nitrogen and oxygen atoms in total. The van der Waals surface area contributed by atoms with Crippen LogP contribution in [-0.4, -0.2) is 36.1 Å². The van der Waals surface area contributed by atoms with Crippen LogP contribution in [0.5, 0.6) is 17.4 Å². The monoisotopic (exact) mass is 344 g/mol. The Morgan fingerprint density at radius 3 is 2.36 bits per heavy atom. The van der Waals surface area contributed by atoms with Gasteiger partial charge in [0.05, 0.1) is 7.11 Å². The van der Waals surface area contributed by atoms with Crippen LogP contribution in [0, 0.1) is 0 Å². The molecule has 2 aromatic rings. The largest absolute Gasteiger partial charge is 0.484 e. The molecule has 0 bridgehead atoms. The number of carbonyl (C=O) groups is 2. The van der Waals surface area contributed by atoms with Crippen molar-refractivity contribution in [2.75, 3.05) is 13.7 Å². The van der Waals surface area contributed by atoms with Crippen molar-refractivity contribution in [3.05, 3.63) is 48.7 Å². The molecular formula is C18H20N2O5. The first-order valence-corrected chi connectivity index (χ1v) is 7.62. The van der Waals surface area contributed by atoms with Gasteiger partial charge in [0.15, 0.2) is 6.61 Å². The lowest BCUT2D eigenvalue weighted by Gasteiger charge is -2.23. The van der Waals surface area contributed by atoms with Crippen LogP contribution in [0.4, 0.5) is 0 Å². The minimum absolute atomic E-state index is 0.221. The Labute approximate surface area is 145 Å². The summed E-state index contributed by atoms with van der Waals surface area (Å²) in [6.45, 7) is 2.89. The second-order valence-electron chi connectivity index (χ2n) is 5.69. The molecule has 1 aromatic carbocycles. The number of aromatic nitrogens is 1. The average Bonchev–Trinajstić information content (AvgIpc) is 2.61. The maximum Gasteiger partial charge on any atom is 0.330 e. The van der Waals surface area contributed by atoms with E-state index in [0.717, 1.165) is 0 Å². The Balaban J connectivity index is 1.85. The molecule has 2 rings (SSSR count). The lowest BCUT2D eigenvalue weighted by Crippen LogP contribution is -2.51. The predicted octanol–water partition coefficient (Wildman–Crippen LogP) is 2.32. The Hall–Kier alpha value is -3.09. The van der Waals surface area contributed by atoms with E-state index in [-0.39, 0.29) is 6.61 Å². The van der Waals surface area contributed by atoms with Crippen molar-refractivity contribution in [2.24, 2.45) is 0 Å². The highest BCUT2D eigenvalue weighted by molar-refractivity contribution is 5.87. The average molecular weight is 344 g/mol. The maximum atomic E-state index is 11.9. The molecule has 0 aliphatic rings. The van der Waals surface area contributed by atoms with Gasteiger partial charge in [-0.25, -0.2) is 9.78 Å². The molecule has 0 fully saturated rings. The molecule has 1 N–H and O–H groups in total. The van der Waals surface area contributed by atoms with Gasteiger partial charge in [0.2, 0.25) is 5.88 Å². The standard InChI is InChI=1S/C18H20N2O5/c1-18(2,17(22)23-3)20-15(21)12-24-13-7-9-14(10-8-13)25-16-6-4-5-11-19-16/h4-11H,12H2,1-3H3,(H,20,21). The lowest BCUT2D eigenvalue weighted by molar-refractivity contribution is -0.149. The van der Waals surface area contributed by atoms with E-state index in [0.29, 0.717) is 17.4 Å². The smallest absolute Gasteiger partial charge is 0.330 e. The Bertz CT molecular complexity index is 714. The van der Waals surface area contributed by atoms with Crippen LogP contribution >= 0.6 is 0 Å². The highest BCUT2D eigenvalue weighted by Gasteiger charge is 2.30. The van der Waals surface area contributed by atoms with Crippen molar-refractivity contribution in [1.29, 1.82) is 0 Å². The summed E-state index contributed by atoms with van der Waals surface area (Å²) in [4.78, 5) is 27.5. The van der Waals surface area contributed by atoms with E-state index in [4.69, 9.17) is 9.47 Å². The minimum atomic E-state index is -1.12. The zero-order valence-electron chi connectivity index (χ0n) is 14.3. The first kappa shape index (κ1) is 18.3. The summed E-state index contributed by atoms with van der Waals surface area (Å²) in [5.41, 5.74) is -1.12. The molecule has 1 aromatic heterocycles. The van der Waals surface area contributed by atoms with Crippen molar-refractivity contribution in [3.8, 4) is 17.4 Å². The topological polar surface area (TPSA) is 86.8 Å². The molecule has 25 heavy (non-hydrogen) atoms. The van der Waals surface area contributed by atoms with Crippen molar-refractivity contribution in [1.82, 2.24) is 10.3 Å². The first-order chi connectivity index (χ1) is 11.9. The van der Waals surface area contributed by atoms with Gasteiger partial charge < -0.3 is 19.5 Å². The van der Waals surface area contributed by atoms with Crippen LogP contribution in [-0.2, 0) is 14.3 Å². The SMILES string of the molecule is COC(=O)C(C)(C)NC(=O)COc1ccc(Oc2ccccn2)cc1. The highest BCUT2D eigenvalue weighted by atomic mass is 16.5. The van der Waals surface area contributed by atoms with Crippen LogP contribution in [0.3, 0.4) is 0 Å². The number of hydrogen-bond acceptors (Lipinski definition) is 6. The number of methoxy groups -OCH3 is 1. The quantitative estimate of drug-likeness (QED) is 0.776. The van der Waals surface area contributed by atoms with Gasteiger partial charge in [-0.15, -0.1) is 0 Å². The van der Waals surface area contributed by atoms with E-state index in [2.05, 4.69) is 15.0 Å². The second kappa shape index (κ2) is 8.14. The molecule has 0 aliphatic carbocycles. The summed E-state index contributed by atoms with van der Waals surface area (Å²) in [5, 5.41) is 2.55. The third-order valence-electron chi connectivity index (χ3n) is 3.20. The van der Waals surface area contributed by atoms with Gasteiger partial charge in [0.1, 0.15) is 17.0 Å². The van der Waals surface area contributed by atoms with Crippen molar-refractivity contribution in [2.45, 2.75) is 19.4 Å². The zero-order chi connectivity index (χ0) is 18.3. The first-order valence-electron chi connectivity index (χ1n) is 7.62. The summed E-state index contributed by atoms with van der Waals surface area (Å²) >= 11 is 0. The van der Waals surface area contributed by atoms with E-state index < -0.39 is 17.4 Å². The predicted molar refractivity (Wildman–Crippen MR) is 90.5 cm³/mol. The number of nitrogens with zero attached hydrogens (tertiary/aromatic N) is 1. The molecule has 7 heteroatoms. The number of ether oxygens (including phenoxy) is 3. The van der Waals surface area contributed by atoms with Crippen molar-refractivity contribution >= 4 is 11.9 Å². The molecule has 0 aliphatic heterocycles.